The number of rotatable bonds is 5. The number of carbonyl (C=O) groups is 4. The van der Waals surface area contributed by atoms with Crippen LogP contribution in [0.2, 0.25) is 0 Å². The lowest BCUT2D eigenvalue weighted by molar-refractivity contribution is -0.123. The first-order chi connectivity index (χ1) is 20.5. The molecule has 10 nitrogen and oxygen atoms in total. The number of pyridine rings is 1. The zero-order chi connectivity index (χ0) is 28.8. The lowest BCUT2D eigenvalue weighted by Crippen LogP contribution is -2.51. The number of hydrogen-bond donors (Lipinski definition) is 1. The van der Waals surface area contributed by atoms with Gasteiger partial charge in [0.05, 0.1) is 22.7 Å². The average molecular weight is 567 g/mol. The molecule has 0 saturated carbocycles. The van der Waals surface area contributed by atoms with E-state index in [4.69, 9.17) is 0 Å². The van der Waals surface area contributed by atoms with Gasteiger partial charge in [0.15, 0.2) is 0 Å². The van der Waals surface area contributed by atoms with E-state index in [1.807, 2.05) is 52.3 Å². The number of amides is 5. The number of fused-ring (bicyclic) bond motifs is 2. The number of nitrogens with zero attached hydrogens (tertiary/aromatic N) is 5. The van der Waals surface area contributed by atoms with Crippen molar-refractivity contribution in [3.8, 4) is 0 Å². The monoisotopic (exact) mass is 566 g/mol. The van der Waals surface area contributed by atoms with Crippen LogP contribution in [-0.2, 0) is 4.79 Å². The summed E-state index contributed by atoms with van der Waals surface area (Å²) in [7, 11) is 0. The molecule has 0 aliphatic carbocycles. The number of imide groups is 1. The van der Waals surface area contributed by atoms with E-state index in [1.54, 1.807) is 12.3 Å². The van der Waals surface area contributed by atoms with Crippen LogP contribution in [0.15, 0.2) is 54.7 Å². The summed E-state index contributed by atoms with van der Waals surface area (Å²) < 4.78 is 0. The van der Waals surface area contributed by atoms with Crippen LogP contribution in [-0.4, -0.2) is 83.8 Å². The van der Waals surface area contributed by atoms with Crippen molar-refractivity contribution in [1.29, 1.82) is 0 Å². The van der Waals surface area contributed by atoms with Gasteiger partial charge in [-0.3, -0.25) is 29.2 Å². The highest BCUT2D eigenvalue weighted by atomic mass is 16.2. The number of benzene rings is 2. The molecule has 0 bridgehead atoms. The van der Waals surface area contributed by atoms with Crippen molar-refractivity contribution in [3.63, 3.8) is 0 Å². The topological polar surface area (TPSA) is 106 Å². The van der Waals surface area contributed by atoms with Gasteiger partial charge in [-0.25, -0.2) is 4.79 Å². The Morgan fingerprint density at radius 3 is 2.45 bits per heavy atom. The maximum absolute atomic E-state index is 13.5. The molecule has 3 saturated heterocycles. The molecule has 5 amide bonds. The summed E-state index contributed by atoms with van der Waals surface area (Å²) in [5.74, 6) is -0.190. The number of urea groups is 1. The molecule has 1 aromatic heterocycles. The highest BCUT2D eigenvalue weighted by molar-refractivity contribution is 6.22. The van der Waals surface area contributed by atoms with E-state index in [1.165, 1.54) is 4.90 Å². The molecule has 3 aromatic rings. The Morgan fingerprint density at radius 2 is 1.64 bits per heavy atom. The largest absolute Gasteiger partial charge is 0.371 e. The molecule has 42 heavy (non-hydrogen) atoms. The molecule has 3 fully saturated rings. The van der Waals surface area contributed by atoms with Gasteiger partial charge < -0.3 is 15.1 Å². The number of hydrogen-bond acceptors (Lipinski definition) is 6. The summed E-state index contributed by atoms with van der Waals surface area (Å²) in [5.41, 5.74) is 3.66. The van der Waals surface area contributed by atoms with Crippen molar-refractivity contribution >= 4 is 46.0 Å². The lowest BCUT2D eigenvalue weighted by atomic mass is 9.95. The van der Waals surface area contributed by atoms with Crippen LogP contribution in [0, 0.1) is 5.92 Å². The smallest absolute Gasteiger partial charge is 0.324 e. The normalized spacial score (nSPS) is 21.8. The number of carbonyl (C=O) groups excluding carboxylic acids is 4. The second-order valence-corrected chi connectivity index (χ2v) is 11.8. The predicted molar refractivity (Wildman–Crippen MR) is 159 cm³/mol. The minimum atomic E-state index is -0.305. The number of aromatic nitrogens is 1. The predicted octanol–water partition coefficient (Wildman–Crippen LogP) is 3.66. The summed E-state index contributed by atoms with van der Waals surface area (Å²) in [5, 5.41) is 3.80. The highest BCUT2D eigenvalue weighted by Gasteiger charge is 2.41. The van der Waals surface area contributed by atoms with Gasteiger partial charge in [-0.2, -0.15) is 0 Å². The van der Waals surface area contributed by atoms with Gasteiger partial charge in [0.2, 0.25) is 5.91 Å². The van der Waals surface area contributed by atoms with Crippen LogP contribution in [0.25, 0.3) is 10.9 Å². The van der Waals surface area contributed by atoms with Crippen LogP contribution in [0.1, 0.15) is 52.8 Å². The van der Waals surface area contributed by atoms with E-state index < -0.39 is 0 Å². The van der Waals surface area contributed by atoms with Crippen LogP contribution in [0.3, 0.4) is 0 Å². The molecule has 216 valence electrons. The van der Waals surface area contributed by atoms with Crippen LogP contribution in [0.4, 0.5) is 16.2 Å². The Hall–Kier alpha value is -4.47. The van der Waals surface area contributed by atoms with E-state index >= 15 is 0 Å². The zero-order valence-electron chi connectivity index (χ0n) is 23.5. The third kappa shape index (κ3) is 4.74. The molecule has 0 radical (unpaired) electrons. The molecule has 1 atom stereocenters. The molecule has 5 heterocycles. The molecule has 1 N–H and O–H groups in total. The Kier molecular flexibility index (Phi) is 6.76. The van der Waals surface area contributed by atoms with E-state index in [9.17, 15) is 19.2 Å². The van der Waals surface area contributed by atoms with Gasteiger partial charge in [0.1, 0.15) is 0 Å². The third-order valence-electron chi connectivity index (χ3n) is 9.17. The van der Waals surface area contributed by atoms with E-state index in [-0.39, 0.29) is 29.8 Å². The fraction of sp³-hybridized carbons (Fsp3) is 0.406. The van der Waals surface area contributed by atoms with Crippen LogP contribution < -0.4 is 15.1 Å². The van der Waals surface area contributed by atoms with Crippen molar-refractivity contribution in [2.75, 3.05) is 49.1 Å². The quantitative estimate of drug-likeness (QED) is 0.473. The molecule has 10 heteroatoms. The molecule has 1 unspecified atom stereocenters. The Bertz CT molecular complexity index is 1570. The number of nitrogens with one attached hydrogen (secondary N) is 1. The minimum absolute atomic E-state index is 0.0433. The van der Waals surface area contributed by atoms with Gasteiger partial charge >= 0.3 is 6.03 Å². The Morgan fingerprint density at radius 1 is 0.833 bits per heavy atom. The maximum atomic E-state index is 13.5. The van der Waals surface area contributed by atoms with Crippen LogP contribution >= 0.6 is 0 Å². The summed E-state index contributed by atoms with van der Waals surface area (Å²) in [6.07, 6.45) is 5.42. The van der Waals surface area contributed by atoms with Crippen molar-refractivity contribution in [2.24, 2.45) is 5.92 Å². The first kappa shape index (κ1) is 26.4. The first-order valence-electron chi connectivity index (χ1n) is 14.9. The Balaban J connectivity index is 0.976. The Labute approximate surface area is 244 Å². The molecular formula is C32H34N6O4. The SMILES string of the molecule is O=C1CCC(N2C(=O)c3ccc(N4CCC(CN5CCCN(c6ccc7ncccc7c6)C5=O)CC4)cc3C2=O)CN1. The zero-order valence-corrected chi connectivity index (χ0v) is 23.5. The number of anilines is 2. The maximum Gasteiger partial charge on any atom is 0.324 e. The van der Waals surface area contributed by atoms with E-state index in [0.717, 1.165) is 67.7 Å². The first-order valence-corrected chi connectivity index (χ1v) is 14.9. The van der Waals surface area contributed by atoms with E-state index in [2.05, 4.69) is 15.2 Å². The lowest BCUT2D eigenvalue weighted by Gasteiger charge is -2.40. The van der Waals surface area contributed by atoms with Gasteiger partial charge in [-0.1, -0.05) is 6.07 Å². The molecule has 4 aliphatic heterocycles. The van der Waals surface area contributed by atoms with Crippen LogP contribution in [0.5, 0.6) is 0 Å². The second-order valence-electron chi connectivity index (χ2n) is 11.8. The fourth-order valence-corrected chi connectivity index (χ4v) is 6.82. The standard InChI is InChI=1S/C32H34N6O4/c39-29-9-6-25(19-34-29)38-30(40)26-7-4-23(18-27(26)31(38)41)35-15-10-21(11-16-35)20-36-13-2-14-37(32(36)42)24-5-8-28-22(17-24)3-1-12-33-28/h1,3-5,7-8,12,17-18,21,25H,2,6,9-11,13-16,19-20H2,(H,34,39). The second kappa shape index (κ2) is 10.7. The summed E-state index contributed by atoms with van der Waals surface area (Å²) in [6.45, 7) is 4.18. The molecule has 2 aromatic carbocycles. The van der Waals surface area contributed by atoms with Crippen molar-refractivity contribution in [3.05, 3.63) is 65.9 Å². The van der Waals surface area contributed by atoms with Crippen molar-refractivity contribution < 1.29 is 19.2 Å². The van der Waals surface area contributed by atoms with E-state index in [0.29, 0.717) is 43.0 Å². The molecular weight excluding hydrogens is 532 g/mol. The molecule has 0 spiro atoms. The summed E-state index contributed by atoms with van der Waals surface area (Å²) >= 11 is 0. The molecule has 7 rings (SSSR count). The summed E-state index contributed by atoms with van der Waals surface area (Å²) in [4.78, 5) is 63.2. The van der Waals surface area contributed by atoms with Gasteiger partial charge in [-0.05, 0) is 74.1 Å². The van der Waals surface area contributed by atoms with Gasteiger partial charge in [-0.15, -0.1) is 0 Å². The average Bonchev–Trinajstić information content (AvgIpc) is 3.27. The van der Waals surface area contributed by atoms with Gasteiger partial charge in [0, 0.05) is 68.6 Å². The van der Waals surface area contributed by atoms with Crippen molar-refractivity contribution in [1.82, 2.24) is 20.1 Å². The number of piperidine rings is 2. The fourth-order valence-electron chi connectivity index (χ4n) is 6.82. The molecule has 4 aliphatic rings. The minimum Gasteiger partial charge on any atom is -0.371 e. The highest BCUT2D eigenvalue weighted by Crippen LogP contribution is 2.33. The van der Waals surface area contributed by atoms with Crippen molar-refractivity contribution in [2.45, 2.75) is 38.1 Å². The van der Waals surface area contributed by atoms with Gasteiger partial charge in [0.25, 0.3) is 11.8 Å². The summed E-state index contributed by atoms with van der Waals surface area (Å²) in [6, 6.07) is 15.2. The third-order valence-corrected chi connectivity index (χ3v) is 9.17.